The molecule has 2 heterocycles. The van der Waals surface area contributed by atoms with E-state index in [2.05, 4.69) is 15.0 Å². The lowest BCUT2D eigenvalue weighted by Crippen LogP contribution is -2.42. The van der Waals surface area contributed by atoms with Crippen molar-refractivity contribution < 1.29 is 32.5 Å². The minimum atomic E-state index is -4.44. The first-order valence-corrected chi connectivity index (χ1v) is 7.96. The van der Waals surface area contributed by atoms with Crippen LogP contribution in [0.2, 0.25) is 0 Å². The van der Waals surface area contributed by atoms with E-state index in [9.17, 15) is 23.1 Å². The van der Waals surface area contributed by atoms with E-state index in [0.29, 0.717) is 26.2 Å². The first kappa shape index (κ1) is 19.5. The van der Waals surface area contributed by atoms with Crippen LogP contribution in [0.1, 0.15) is 29.6 Å². The largest absolute Gasteiger partial charge is 0.468 e. The van der Waals surface area contributed by atoms with Gasteiger partial charge in [-0.3, -0.25) is 4.79 Å². The van der Waals surface area contributed by atoms with Crippen molar-refractivity contribution in [1.29, 1.82) is 0 Å². The summed E-state index contributed by atoms with van der Waals surface area (Å²) in [6.45, 7) is 0.160. The minimum absolute atomic E-state index is 0.0304. The van der Waals surface area contributed by atoms with Gasteiger partial charge in [0.05, 0.1) is 5.56 Å². The number of aromatic nitrogens is 1. The van der Waals surface area contributed by atoms with E-state index in [1.54, 1.807) is 0 Å². The first-order chi connectivity index (χ1) is 11.8. The smallest absolute Gasteiger partial charge is 0.422 e. The summed E-state index contributed by atoms with van der Waals surface area (Å²) in [6.07, 6.45) is -1.21. The number of aliphatic hydroxyl groups excluding tert-OH is 1. The summed E-state index contributed by atoms with van der Waals surface area (Å²) in [6, 6.07) is 2.58. The van der Waals surface area contributed by atoms with Crippen molar-refractivity contribution in [2.45, 2.75) is 25.4 Å². The molecule has 140 valence electrons. The van der Waals surface area contributed by atoms with Crippen molar-refractivity contribution >= 4 is 5.91 Å². The number of ether oxygens (including phenoxy) is 2. The Morgan fingerprint density at radius 3 is 2.64 bits per heavy atom. The molecule has 1 aliphatic heterocycles. The van der Waals surface area contributed by atoms with Crippen LogP contribution in [0.5, 0.6) is 5.88 Å². The van der Waals surface area contributed by atoms with E-state index >= 15 is 0 Å². The van der Waals surface area contributed by atoms with Gasteiger partial charge in [-0.05, 0) is 30.7 Å². The lowest BCUT2D eigenvalue weighted by molar-refractivity contribution is -0.154. The quantitative estimate of drug-likeness (QED) is 0.775. The molecule has 6 nitrogen and oxygen atoms in total. The van der Waals surface area contributed by atoms with E-state index in [0.717, 1.165) is 12.8 Å². The summed E-state index contributed by atoms with van der Waals surface area (Å²) in [4.78, 5) is 15.9. The van der Waals surface area contributed by atoms with Crippen molar-refractivity contribution in [3.8, 4) is 5.88 Å². The Labute approximate surface area is 143 Å². The number of hydrogen-bond donors (Lipinski definition) is 2. The van der Waals surface area contributed by atoms with Gasteiger partial charge in [0, 0.05) is 38.6 Å². The van der Waals surface area contributed by atoms with Gasteiger partial charge >= 0.3 is 6.18 Å². The highest BCUT2D eigenvalue weighted by Gasteiger charge is 2.32. The molecule has 25 heavy (non-hydrogen) atoms. The molecule has 2 N–H and O–H groups in total. The molecule has 0 saturated carbocycles. The fraction of sp³-hybridized carbons (Fsp3) is 0.625. The fourth-order valence-electron chi connectivity index (χ4n) is 2.68. The van der Waals surface area contributed by atoms with Gasteiger partial charge in [-0.1, -0.05) is 0 Å². The number of hydrogen-bond acceptors (Lipinski definition) is 5. The van der Waals surface area contributed by atoms with E-state index in [-0.39, 0.29) is 29.4 Å². The van der Waals surface area contributed by atoms with Crippen molar-refractivity contribution in [2.24, 2.45) is 5.41 Å². The predicted molar refractivity (Wildman–Crippen MR) is 82.3 cm³/mol. The molecule has 0 radical (unpaired) electrons. The number of amides is 1. The summed E-state index contributed by atoms with van der Waals surface area (Å²) < 4.78 is 46.1. The zero-order valence-corrected chi connectivity index (χ0v) is 13.6. The molecule has 1 amide bonds. The predicted octanol–water partition coefficient (Wildman–Crippen LogP) is 1.93. The number of nitrogens with zero attached hydrogens (tertiary/aromatic N) is 1. The first-order valence-electron chi connectivity index (χ1n) is 7.96. The summed E-state index contributed by atoms with van der Waals surface area (Å²) in [5.41, 5.74) is 0.0248. The lowest BCUT2D eigenvalue weighted by Gasteiger charge is -2.37. The monoisotopic (exact) mass is 362 g/mol. The Bertz CT molecular complexity index is 552. The van der Waals surface area contributed by atoms with Crippen molar-refractivity contribution in [3.63, 3.8) is 0 Å². The zero-order valence-electron chi connectivity index (χ0n) is 13.6. The van der Waals surface area contributed by atoms with Crippen LogP contribution in [0.15, 0.2) is 18.3 Å². The molecule has 2 rings (SSSR count). The van der Waals surface area contributed by atoms with Crippen LogP contribution in [0.3, 0.4) is 0 Å². The number of aliphatic hydroxyl groups is 1. The maximum absolute atomic E-state index is 12.2. The van der Waals surface area contributed by atoms with Crippen molar-refractivity contribution in [1.82, 2.24) is 10.3 Å². The van der Waals surface area contributed by atoms with Crippen molar-refractivity contribution in [2.75, 3.05) is 33.0 Å². The van der Waals surface area contributed by atoms with Gasteiger partial charge in [0.1, 0.15) is 0 Å². The number of nitrogens with one attached hydrogen (secondary N) is 1. The molecule has 1 aliphatic rings. The van der Waals surface area contributed by atoms with Crippen LogP contribution in [-0.2, 0) is 4.74 Å². The minimum Gasteiger partial charge on any atom is -0.468 e. The molecular weight excluding hydrogens is 341 g/mol. The normalized spacial score (nSPS) is 17.1. The third kappa shape index (κ3) is 6.17. The Morgan fingerprint density at radius 2 is 2.08 bits per heavy atom. The maximum atomic E-state index is 12.2. The molecule has 1 aromatic rings. The Hall–Kier alpha value is -1.87. The van der Waals surface area contributed by atoms with Crippen LogP contribution >= 0.6 is 0 Å². The summed E-state index contributed by atoms with van der Waals surface area (Å²) in [5, 5.41) is 12.1. The summed E-state index contributed by atoms with van der Waals surface area (Å²) >= 11 is 0. The number of rotatable bonds is 7. The summed E-state index contributed by atoms with van der Waals surface area (Å²) in [7, 11) is 0. The molecular formula is C16H21F3N2O4. The van der Waals surface area contributed by atoms with Crippen LogP contribution in [0.25, 0.3) is 0 Å². The van der Waals surface area contributed by atoms with Crippen LogP contribution in [0.4, 0.5) is 13.2 Å². The van der Waals surface area contributed by atoms with Gasteiger partial charge in [-0.25, -0.2) is 4.98 Å². The Morgan fingerprint density at radius 1 is 1.36 bits per heavy atom. The number of carbonyl (C=O) groups excluding carboxylic acids is 1. The number of carbonyl (C=O) groups is 1. The molecule has 0 aliphatic carbocycles. The highest BCUT2D eigenvalue weighted by molar-refractivity contribution is 5.93. The molecule has 1 fully saturated rings. The lowest BCUT2D eigenvalue weighted by atomic mass is 9.77. The van der Waals surface area contributed by atoms with E-state index < -0.39 is 12.8 Å². The molecule has 1 saturated heterocycles. The highest BCUT2D eigenvalue weighted by atomic mass is 19.4. The second kappa shape index (κ2) is 8.48. The maximum Gasteiger partial charge on any atom is 0.422 e. The van der Waals surface area contributed by atoms with E-state index in [1.165, 1.54) is 18.3 Å². The molecule has 1 aromatic heterocycles. The topological polar surface area (TPSA) is 80.7 Å². The van der Waals surface area contributed by atoms with Crippen LogP contribution in [0, 0.1) is 5.41 Å². The van der Waals surface area contributed by atoms with Gasteiger partial charge in [0.15, 0.2) is 6.61 Å². The third-order valence-corrected chi connectivity index (χ3v) is 4.20. The molecule has 0 unspecified atom stereocenters. The van der Waals surface area contributed by atoms with E-state index in [1.807, 2.05) is 0 Å². The number of halogens is 3. The molecule has 9 heteroatoms. The third-order valence-electron chi connectivity index (χ3n) is 4.20. The van der Waals surface area contributed by atoms with Gasteiger partial charge in [-0.15, -0.1) is 0 Å². The second-order valence-corrected chi connectivity index (χ2v) is 6.06. The van der Waals surface area contributed by atoms with E-state index in [4.69, 9.17) is 4.74 Å². The summed E-state index contributed by atoms with van der Waals surface area (Å²) in [5.74, 6) is -0.575. The average molecular weight is 362 g/mol. The second-order valence-electron chi connectivity index (χ2n) is 6.06. The van der Waals surface area contributed by atoms with Gasteiger partial charge in [0.25, 0.3) is 5.91 Å². The van der Waals surface area contributed by atoms with Gasteiger partial charge in [-0.2, -0.15) is 13.2 Å². The Balaban J connectivity index is 1.89. The highest BCUT2D eigenvalue weighted by Crippen LogP contribution is 2.33. The zero-order chi connectivity index (χ0) is 18.3. The average Bonchev–Trinajstić information content (AvgIpc) is 2.59. The molecule has 0 bridgehead atoms. The van der Waals surface area contributed by atoms with Crippen LogP contribution < -0.4 is 10.1 Å². The fourth-order valence-corrected chi connectivity index (χ4v) is 2.68. The van der Waals surface area contributed by atoms with Gasteiger partial charge in [0.2, 0.25) is 5.88 Å². The number of pyridine rings is 1. The molecule has 0 atom stereocenters. The molecule has 0 spiro atoms. The van der Waals surface area contributed by atoms with Crippen molar-refractivity contribution in [3.05, 3.63) is 23.9 Å². The Kier molecular flexibility index (Phi) is 6.60. The number of alkyl halides is 3. The molecule has 0 aromatic carbocycles. The van der Waals surface area contributed by atoms with Crippen LogP contribution in [-0.4, -0.2) is 55.1 Å². The SMILES string of the molecule is O=C(NCC1(CCO)CCOCC1)c1ccc(OCC(F)(F)F)nc1. The van der Waals surface area contributed by atoms with Gasteiger partial charge < -0.3 is 19.9 Å². The standard InChI is InChI=1S/C16H21F3N2O4/c17-16(18,19)11-25-13-2-1-12(9-20-13)14(23)21-10-15(3-6-22)4-7-24-8-5-15/h1-2,9,22H,3-8,10-11H2,(H,21,23).